The van der Waals surface area contributed by atoms with Crippen molar-refractivity contribution in [2.24, 2.45) is 5.92 Å². The van der Waals surface area contributed by atoms with Crippen LogP contribution >= 0.6 is 12.2 Å². The van der Waals surface area contributed by atoms with Crippen LogP contribution in [0.1, 0.15) is 32.6 Å². The van der Waals surface area contributed by atoms with Gasteiger partial charge in [0.15, 0.2) is 10.6 Å². The van der Waals surface area contributed by atoms with Crippen LogP contribution in [-0.4, -0.2) is 57.6 Å². The van der Waals surface area contributed by atoms with Gasteiger partial charge in [-0.15, -0.1) is 0 Å². The highest BCUT2D eigenvalue weighted by molar-refractivity contribution is 7.71. The summed E-state index contributed by atoms with van der Waals surface area (Å²) in [5.74, 6) is 0.313. The van der Waals surface area contributed by atoms with Gasteiger partial charge in [0.05, 0.1) is 31.8 Å². The van der Waals surface area contributed by atoms with Crippen molar-refractivity contribution in [3.8, 4) is 11.4 Å². The van der Waals surface area contributed by atoms with Gasteiger partial charge in [0.2, 0.25) is 0 Å². The van der Waals surface area contributed by atoms with Crippen LogP contribution in [0.2, 0.25) is 0 Å². The molecule has 0 radical (unpaired) electrons. The van der Waals surface area contributed by atoms with Gasteiger partial charge in [-0.3, -0.25) is 14.3 Å². The van der Waals surface area contributed by atoms with Crippen LogP contribution in [0.5, 0.6) is 0 Å². The molecule has 31 heavy (non-hydrogen) atoms. The third kappa shape index (κ3) is 5.22. The Morgan fingerprint density at radius 3 is 2.65 bits per heavy atom. The summed E-state index contributed by atoms with van der Waals surface area (Å²) in [7, 11) is 0. The Morgan fingerprint density at radius 2 is 2.00 bits per heavy atom. The number of halogens is 1. The molecule has 0 saturated carbocycles. The number of hydrogen-bond acceptors (Lipinski definition) is 6. The Kier molecular flexibility index (Phi) is 7.14. The first kappa shape index (κ1) is 22.1. The Morgan fingerprint density at radius 1 is 1.26 bits per heavy atom. The van der Waals surface area contributed by atoms with E-state index in [0.717, 1.165) is 56.8 Å². The quantitative estimate of drug-likeness (QED) is 0.476. The molecule has 3 heterocycles. The van der Waals surface area contributed by atoms with Crippen molar-refractivity contribution in [2.45, 2.75) is 51.9 Å². The Labute approximate surface area is 186 Å². The number of benzene rings is 1. The van der Waals surface area contributed by atoms with Crippen LogP contribution in [0.15, 0.2) is 24.3 Å². The highest BCUT2D eigenvalue weighted by Crippen LogP contribution is 2.24. The van der Waals surface area contributed by atoms with Gasteiger partial charge in [-0.1, -0.05) is 0 Å². The zero-order chi connectivity index (χ0) is 21.8. The molecule has 0 bridgehead atoms. The normalized spacial score (nSPS) is 20.3. The lowest BCUT2D eigenvalue weighted by Crippen LogP contribution is -2.38. The SMILES string of the molecule is CCOC(=O)C1CCN(Cn2nc(-c3ccc(F)cc3)n(CC3CCCO3)c2=S)CC1. The molecule has 1 atom stereocenters. The van der Waals surface area contributed by atoms with E-state index in [1.165, 1.54) is 12.1 Å². The summed E-state index contributed by atoms with van der Waals surface area (Å²) in [5.41, 5.74) is 0.824. The predicted octanol–water partition coefficient (Wildman–Crippen LogP) is 3.63. The fourth-order valence-corrected chi connectivity index (χ4v) is 4.52. The van der Waals surface area contributed by atoms with E-state index < -0.39 is 0 Å². The lowest BCUT2D eigenvalue weighted by atomic mass is 9.97. The second-order valence-corrected chi connectivity index (χ2v) is 8.51. The molecule has 2 saturated heterocycles. The number of carbonyl (C=O) groups excluding carboxylic acids is 1. The molecule has 2 fully saturated rings. The lowest BCUT2D eigenvalue weighted by Gasteiger charge is -2.30. The predicted molar refractivity (Wildman–Crippen MR) is 116 cm³/mol. The van der Waals surface area contributed by atoms with Gasteiger partial charge >= 0.3 is 5.97 Å². The monoisotopic (exact) mass is 448 g/mol. The van der Waals surface area contributed by atoms with Crippen LogP contribution in [0.3, 0.4) is 0 Å². The molecular weight excluding hydrogens is 419 g/mol. The fraction of sp³-hybridized carbons (Fsp3) is 0.591. The van der Waals surface area contributed by atoms with E-state index in [2.05, 4.69) is 4.90 Å². The molecule has 9 heteroatoms. The summed E-state index contributed by atoms with van der Waals surface area (Å²) in [4.78, 5) is 14.2. The van der Waals surface area contributed by atoms with E-state index in [1.807, 2.05) is 16.2 Å². The van der Waals surface area contributed by atoms with E-state index in [4.69, 9.17) is 26.8 Å². The number of hydrogen-bond donors (Lipinski definition) is 0. The van der Waals surface area contributed by atoms with Crippen molar-refractivity contribution < 1.29 is 18.7 Å². The number of ether oxygens (including phenoxy) is 2. The second kappa shape index (κ2) is 10.0. The fourth-order valence-electron chi connectivity index (χ4n) is 4.26. The molecule has 2 aromatic rings. The van der Waals surface area contributed by atoms with Gasteiger partial charge in [-0.05, 0) is 69.1 Å². The minimum Gasteiger partial charge on any atom is -0.466 e. The maximum atomic E-state index is 13.4. The van der Waals surface area contributed by atoms with Gasteiger partial charge in [-0.2, -0.15) is 5.10 Å². The largest absolute Gasteiger partial charge is 0.466 e. The van der Waals surface area contributed by atoms with Crippen molar-refractivity contribution in [1.29, 1.82) is 0 Å². The third-order valence-electron chi connectivity index (χ3n) is 5.98. The Bertz CT molecular complexity index is 945. The molecule has 1 aromatic heterocycles. The molecule has 0 N–H and O–H groups in total. The molecule has 0 aliphatic carbocycles. The van der Waals surface area contributed by atoms with Gasteiger partial charge in [0.1, 0.15) is 5.82 Å². The van der Waals surface area contributed by atoms with Crippen LogP contribution in [0.25, 0.3) is 11.4 Å². The van der Waals surface area contributed by atoms with E-state index in [-0.39, 0.29) is 23.8 Å². The first-order valence-electron chi connectivity index (χ1n) is 11.0. The average molecular weight is 449 g/mol. The van der Waals surface area contributed by atoms with Crippen LogP contribution in [0.4, 0.5) is 4.39 Å². The number of likely N-dealkylation sites (tertiary alicyclic amines) is 1. The molecule has 2 aliphatic heterocycles. The minimum atomic E-state index is -0.281. The summed E-state index contributed by atoms with van der Waals surface area (Å²) >= 11 is 5.77. The highest BCUT2D eigenvalue weighted by Gasteiger charge is 2.27. The molecule has 0 spiro atoms. The van der Waals surface area contributed by atoms with Crippen LogP contribution in [0, 0.1) is 16.5 Å². The third-order valence-corrected chi connectivity index (χ3v) is 6.41. The number of rotatable bonds is 7. The smallest absolute Gasteiger partial charge is 0.309 e. The molecule has 2 aliphatic rings. The number of carbonyl (C=O) groups is 1. The summed E-state index contributed by atoms with van der Waals surface area (Å²) in [6.07, 6.45) is 3.70. The van der Waals surface area contributed by atoms with E-state index in [1.54, 1.807) is 12.1 Å². The topological polar surface area (TPSA) is 61.5 Å². The van der Waals surface area contributed by atoms with Crippen molar-refractivity contribution in [1.82, 2.24) is 19.2 Å². The summed E-state index contributed by atoms with van der Waals surface area (Å²) in [5, 5.41) is 4.79. The first-order chi connectivity index (χ1) is 15.0. The molecule has 168 valence electrons. The maximum absolute atomic E-state index is 13.4. The number of piperidine rings is 1. The van der Waals surface area contributed by atoms with Gasteiger partial charge < -0.3 is 9.47 Å². The standard InChI is InChI=1S/C22H29FN4O3S/c1-2-29-21(28)17-9-11-25(12-10-17)15-27-22(31)26(14-19-4-3-13-30-19)20(24-27)16-5-7-18(23)8-6-16/h5-8,17,19H,2-4,9-15H2,1H3. The zero-order valence-electron chi connectivity index (χ0n) is 17.8. The summed E-state index contributed by atoms with van der Waals surface area (Å²) < 4.78 is 28.9. The Hall–Kier alpha value is -2.10. The molecule has 1 aromatic carbocycles. The van der Waals surface area contributed by atoms with Crippen molar-refractivity contribution in [2.75, 3.05) is 26.3 Å². The summed E-state index contributed by atoms with van der Waals surface area (Å²) in [6, 6.07) is 6.34. The number of esters is 1. The highest BCUT2D eigenvalue weighted by atomic mass is 32.1. The molecule has 7 nitrogen and oxygen atoms in total. The van der Waals surface area contributed by atoms with Crippen LogP contribution in [-0.2, 0) is 27.5 Å². The van der Waals surface area contributed by atoms with E-state index in [9.17, 15) is 9.18 Å². The molecule has 0 amide bonds. The molecule has 1 unspecified atom stereocenters. The van der Waals surface area contributed by atoms with Crippen molar-refractivity contribution >= 4 is 18.2 Å². The number of nitrogens with zero attached hydrogens (tertiary/aromatic N) is 4. The second-order valence-electron chi connectivity index (χ2n) is 8.14. The minimum absolute atomic E-state index is 0.0315. The lowest BCUT2D eigenvalue weighted by molar-refractivity contribution is -0.149. The van der Waals surface area contributed by atoms with Crippen LogP contribution < -0.4 is 0 Å². The van der Waals surface area contributed by atoms with E-state index >= 15 is 0 Å². The maximum Gasteiger partial charge on any atom is 0.309 e. The van der Waals surface area contributed by atoms with Crippen molar-refractivity contribution in [3.05, 3.63) is 34.9 Å². The first-order valence-corrected chi connectivity index (χ1v) is 11.4. The van der Waals surface area contributed by atoms with E-state index in [0.29, 0.717) is 24.6 Å². The number of aromatic nitrogens is 3. The van der Waals surface area contributed by atoms with Gasteiger partial charge in [-0.25, -0.2) is 9.07 Å². The average Bonchev–Trinajstić information content (AvgIpc) is 3.39. The molecular formula is C22H29FN4O3S. The summed E-state index contributed by atoms with van der Waals surface area (Å²) in [6.45, 7) is 5.79. The van der Waals surface area contributed by atoms with Gasteiger partial charge in [0, 0.05) is 25.3 Å². The van der Waals surface area contributed by atoms with Crippen molar-refractivity contribution in [3.63, 3.8) is 0 Å². The zero-order valence-corrected chi connectivity index (χ0v) is 18.7. The Balaban J connectivity index is 1.52. The molecule has 4 rings (SSSR count). The van der Waals surface area contributed by atoms with Gasteiger partial charge in [0.25, 0.3) is 0 Å².